The molecule has 0 bridgehead atoms. The molecule has 1 aromatic carbocycles. The molecule has 16 heavy (non-hydrogen) atoms. The maximum Gasteiger partial charge on any atom is 0.351 e. The van der Waals surface area contributed by atoms with Crippen LogP contribution in [0.15, 0.2) is 30.3 Å². The van der Waals surface area contributed by atoms with Gasteiger partial charge < -0.3 is 9.47 Å². The summed E-state index contributed by atoms with van der Waals surface area (Å²) in [5.74, 6) is 0.372. The topological polar surface area (TPSA) is 35.5 Å². The highest BCUT2D eigenvalue weighted by Crippen LogP contribution is 2.25. The largest absolute Gasteiger partial charge is 0.474 e. The van der Waals surface area contributed by atoms with Crippen molar-refractivity contribution in [2.45, 2.75) is 26.1 Å². The highest BCUT2D eigenvalue weighted by Gasteiger charge is 2.23. The molecular formula is C13H14O3. The summed E-state index contributed by atoms with van der Waals surface area (Å²) >= 11 is 0. The average molecular weight is 218 g/mol. The zero-order chi connectivity index (χ0) is 11.5. The monoisotopic (exact) mass is 218 g/mol. The molecule has 0 aromatic heterocycles. The molecule has 3 nitrogen and oxygen atoms in total. The number of benzene rings is 1. The predicted molar refractivity (Wildman–Crippen MR) is 61.1 cm³/mol. The third kappa shape index (κ3) is 2.24. The van der Waals surface area contributed by atoms with Gasteiger partial charge in [0.2, 0.25) is 6.10 Å². The van der Waals surface area contributed by atoms with E-state index in [4.69, 9.17) is 9.47 Å². The second-order valence-electron chi connectivity index (χ2n) is 3.92. The minimum atomic E-state index is -0.628. The Balaban J connectivity index is 2.11. The van der Waals surface area contributed by atoms with Crippen molar-refractivity contribution in [1.29, 1.82) is 0 Å². The highest BCUT2D eigenvalue weighted by molar-refractivity contribution is 5.80. The van der Waals surface area contributed by atoms with E-state index in [0.717, 1.165) is 11.3 Å². The van der Waals surface area contributed by atoms with Gasteiger partial charge in [0, 0.05) is 5.56 Å². The van der Waals surface area contributed by atoms with E-state index in [0.29, 0.717) is 0 Å². The molecule has 1 aliphatic heterocycles. The minimum Gasteiger partial charge on any atom is -0.474 e. The highest BCUT2D eigenvalue weighted by atomic mass is 16.6. The lowest BCUT2D eigenvalue weighted by Crippen LogP contribution is -2.30. The van der Waals surface area contributed by atoms with Gasteiger partial charge in [-0.1, -0.05) is 24.3 Å². The van der Waals surface area contributed by atoms with Crippen molar-refractivity contribution < 1.29 is 14.3 Å². The number of rotatable bonds is 2. The molecule has 1 aromatic rings. The molecule has 0 fully saturated rings. The van der Waals surface area contributed by atoms with Gasteiger partial charge in [-0.3, -0.25) is 0 Å². The van der Waals surface area contributed by atoms with Crippen molar-refractivity contribution in [3.63, 3.8) is 0 Å². The molecule has 1 atom stereocenters. The quantitative estimate of drug-likeness (QED) is 0.715. The standard InChI is InChI=1S/C13H14O3/c1-9(2)15-13(14)12-8-7-10-5-3-4-6-11(10)16-12/h3-9,12H,1-2H3. The number of carbonyl (C=O) groups excluding carboxylic acids is 1. The molecule has 0 saturated heterocycles. The van der Waals surface area contributed by atoms with E-state index in [1.54, 1.807) is 6.08 Å². The molecule has 2 rings (SSSR count). The summed E-state index contributed by atoms with van der Waals surface area (Å²) in [6.45, 7) is 3.64. The van der Waals surface area contributed by atoms with Crippen LogP contribution >= 0.6 is 0 Å². The molecule has 84 valence electrons. The average Bonchev–Trinajstić information content (AvgIpc) is 2.27. The molecule has 0 saturated carbocycles. The van der Waals surface area contributed by atoms with Crippen molar-refractivity contribution in [3.8, 4) is 5.75 Å². The number of para-hydroxylation sites is 1. The molecule has 0 aliphatic carbocycles. The van der Waals surface area contributed by atoms with E-state index in [1.165, 1.54) is 0 Å². The molecule has 1 aliphatic rings. The summed E-state index contributed by atoms with van der Waals surface area (Å²) in [5.41, 5.74) is 0.982. The van der Waals surface area contributed by atoms with Gasteiger partial charge in [-0.05, 0) is 26.0 Å². The number of hydrogen-bond donors (Lipinski definition) is 0. The molecule has 0 amide bonds. The van der Waals surface area contributed by atoms with Crippen molar-refractivity contribution in [1.82, 2.24) is 0 Å². The van der Waals surface area contributed by atoms with Crippen LogP contribution in [0.4, 0.5) is 0 Å². The summed E-state index contributed by atoms with van der Waals surface area (Å²) in [6.07, 6.45) is 2.84. The molecular weight excluding hydrogens is 204 g/mol. The van der Waals surface area contributed by atoms with E-state index in [2.05, 4.69) is 0 Å². The first kappa shape index (κ1) is 10.7. The van der Waals surface area contributed by atoms with Gasteiger partial charge in [0.1, 0.15) is 5.75 Å². The number of esters is 1. The van der Waals surface area contributed by atoms with E-state index in [-0.39, 0.29) is 12.1 Å². The van der Waals surface area contributed by atoms with Crippen LogP contribution in [0, 0.1) is 0 Å². The summed E-state index contributed by atoms with van der Waals surface area (Å²) < 4.78 is 10.6. The van der Waals surface area contributed by atoms with Gasteiger partial charge in [0.25, 0.3) is 0 Å². The predicted octanol–water partition coefficient (Wildman–Crippen LogP) is 2.41. The van der Waals surface area contributed by atoms with Gasteiger partial charge in [-0.15, -0.1) is 0 Å². The zero-order valence-electron chi connectivity index (χ0n) is 9.34. The molecule has 0 radical (unpaired) electrons. The van der Waals surface area contributed by atoms with Crippen molar-refractivity contribution in [3.05, 3.63) is 35.9 Å². The minimum absolute atomic E-state index is 0.123. The third-order valence-corrected chi connectivity index (χ3v) is 2.21. The number of fused-ring (bicyclic) bond motifs is 1. The maximum atomic E-state index is 11.6. The van der Waals surface area contributed by atoms with Crippen LogP contribution < -0.4 is 4.74 Å². The third-order valence-electron chi connectivity index (χ3n) is 2.21. The molecule has 1 heterocycles. The first-order valence-corrected chi connectivity index (χ1v) is 5.31. The lowest BCUT2D eigenvalue weighted by molar-refractivity contribution is -0.153. The lowest BCUT2D eigenvalue weighted by atomic mass is 10.1. The molecule has 0 spiro atoms. The van der Waals surface area contributed by atoms with Crippen LogP contribution in [0.3, 0.4) is 0 Å². The van der Waals surface area contributed by atoms with E-state index >= 15 is 0 Å². The van der Waals surface area contributed by atoms with Gasteiger partial charge in [0.15, 0.2) is 0 Å². The summed E-state index contributed by atoms with van der Waals surface area (Å²) in [7, 11) is 0. The summed E-state index contributed by atoms with van der Waals surface area (Å²) in [5, 5.41) is 0. The Morgan fingerprint density at radius 3 is 2.88 bits per heavy atom. The second-order valence-corrected chi connectivity index (χ2v) is 3.92. The SMILES string of the molecule is CC(C)OC(=O)C1C=Cc2ccccc2O1. The Morgan fingerprint density at radius 2 is 2.12 bits per heavy atom. The lowest BCUT2D eigenvalue weighted by Gasteiger charge is -2.20. The molecule has 1 unspecified atom stereocenters. The molecule has 3 heteroatoms. The number of ether oxygens (including phenoxy) is 2. The fraction of sp³-hybridized carbons (Fsp3) is 0.308. The Labute approximate surface area is 94.7 Å². The fourth-order valence-electron chi connectivity index (χ4n) is 1.52. The smallest absolute Gasteiger partial charge is 0.351 e. The Bertz CT molecular complexity index is 421. The van der Waals surface area contributed by atoms with Crippen LogP contribution in [0.2, 0.25) is 0 Å². The van der Waals surface area contributed by atoms with E-state index in [9.17, 15) is 4.79 Å². The molecule has 0 N–H and O–H groups in total. The van der Waals surface area contributed by atoms with Crippen LogP contribution in [-0.4, -0.2) is 18.2 Å². The van der Waals surface area contributed by atoms with Crippen LogP contribution in [-0.2, 0) is 9.53 Å². The first-order valence-electron chi connectivity index (χ1n) is 5.31. The Kier molecular flexibility index (Phi) is 2.95. The summed E-state index contributed by atoms with van der Waals surface area (Å²) in [6, 6.07) is 7.59. The van der Waals surface area contributed by atoms with Crippen LogP contribution in [0.25, 0.3) is 6.08 Å². The van der Waals surface area contributed by atoms with Gasteiger partial charge in [-0.2, -0.15) is 0 Å². The fourth-order valence-corrected chi connectivity index (χ4v) is 1.52. The van der Waals surface area contributed by atoms with Crippen LogP contribution in [0.1, 0.15) is 19.4 Å². The summed E-state index contributed by atoms with van der Waals surface area (Å²) in [4.78, 5) is 11.6. The van der Waals surface area contributed by atoms with Crippen LogP contribution in [0.5, 0.6) is 5.75 Å². The van der Waals surface area contributed by atoms with E-state index in [1.807, 2.05) is 44.2 Å². The first-order chi connectivity index (χ1) is 7.66. The van der Waals surface area contributed by atoms with E-state index < -0.39 is 6.10 Å². The van der Waals surface area contributed by atoms with Crippen molar-refractivity contribution >= 4 is 12.0 Å². The van der Waals surface area contributed by atoms with Gasteiger partial charge in [-0.25, -0.2) is 4.79 Å². The van der Waals surface area contributed by atoms with Crippen molar-refractivity contribution in [2.24, 2.45) is 0 Å². The Morgan fingerprint density at radius 1 is 1.38 bits per heavy atom. The van der Waals surface area contributed by atoms with Gasteiger partial charge in [0.05, 0.1) is 6.10 Å². The van der Waals surface area contributed by atoms with Gasteiger partial charge >= 0.3 is 5.97 Å². The number of carbonyl (C=O) groups is 1. The number of hydrogen-bond acceptors (Lipinski definition) is 3. The Hall–Kier alpha value is -1.77. The van der Waals surface area contributed by atoms with Crippen molar-refractivity contribution in [2.75, 3.05) is 0 Å². The zero-order valence-corrected chi connectivity index (χ0v) is 9.34. The maximum absolute atomic E-state index is 11.6. The second kappa shape index (κ2) is 4.39. The normalized spacial score (nSPS) is 17.8.